The molecule has 16 nitrogen and oxygen atoms in total. The van der Waals surface area contributed by atoms with Crippen LogP contribution in [0.15, 0.2) is 6.33 Å². The summed E-state index contributed by atoms with van der Waals surface area (Å²) in [5, 5.41) is 31.8. The van der Waals surface area contributed by atoms with Gasteiger partial charge in [-0.15, -0.1) is 0 Å². The summed E-state index contributed by atoms with van der Waals surface area (Å²) in [5.41, 5.74) is -0.967. The SMILES string of the molecule is CCOC(=O)C(CC(C)C)NP(=O)(NC(CC(C)C)C(=O)OCC)OC[C@H]1O[C@@H](n2cnc3c(NC4CC4)nc(C)nc32)C(C)(O)[C@H]1O. The van der Waals surface area contributed by atoms with Crippen LogP contribution < -0.4 is 15.5 Å². The lowest BCUT2D eigenvalue weighted by Crippen LogP contribution is -2.47. The number of hydrogen-bond acceptors (Lipinski definition) is 13. The number of nitrogens with one attached hydrogen (secondary N) is 3. The quantitative estimate of drug-likeness (QED) is 0.112. The second-order valence-electron chi connectivity index (χ2n) is 13.5. The number of aryl methyl sites for hydroxylation is 1. The molecule has 2 fully saturated rings. The van der Waals surface area contributed by atoms with E-state index in [1.54, 1.807) is 20.8 Å². The van der Waals surface area contributed by atoms with Gasteiger partial charge in [-0.2, -0.15) is 0 Å². The molecule has 3 heterocycles. The highest BCUT2D eigenvalue weighted by Gasteiger charge is 2.54. The van der Waals surface area contributed by atoms with Gasteiger partial charge in [0.15, 0.2) is 23.2 Å². The van der Waals surface area contributed by atoms with Gasteiger partial charge in [0.2, 0.25) is 0 Å². The van der Waals surface area contributed by atoms with Crippen molar-refractivity contribution in [2.45, 2.75) is 123 Å². The highest BCUT2D eigenvalue weighted by Crippen LogP contribution is 2.45. The third-order valence-corrected chi connectivity index (χ3v) is 9.90. The fraction of sp³-hybridized carbons (Fsp3) is 0.774. The van der Waals surface area contributed by atoms with Crippen molar-refractivity contribution in [2.24, 2.45) is 11.8 Å². The molecule has 3 unspecified atom stereocenters. The van der Waals surface area contributed by atoms with E-state index in [1.165, 1.54) is 17.8 Å². The monoisotopic (exact) mass is 697 g/mol. The first-order valence-corrected chi connectivity index (χ1v) is 18.4. The summed E-state index contributed by atoms with van der Waals surface area (Å²) in [4.78, 5) is 39.4. The second kappa shape index (κ2) is 15.9. The van der Waals surface area contributed by atoms with Crippen LogP contribution in [0.3, 0.4) is 0 Å². The summed E-state index contributed by atoms with van der Waals surface area (Å²) in [6, 6.07) is -1.78. The zero-order valence-corrected chi connectivity index (χ0v) is 30.0. The van der Waals surface area contributed by atoms with Crippen molar-refractivity contribution in [1.29, 1.82) is 0 Å². The number of anilines is 1. The number of aliphatic hydroxyl groups is 2. The van der Waals surface area contributed by atoms with Crippen LogP contribution in [0.1, 0.15) is 86.2 Å². The predicted molar refractivity (Wildman–Crippen MR) is 177 cm³/mol. The van der Waals surface area contributed by atoms with E-state index in [1.807, 2.05) is 27.7 Å². The molecule has 2 aliphatic rings. The summed E-state index contributed by atoms with van der Waals surface area (Å²) in [5.74, 6) is -0.194. The molecule has 1 aliphatic carbocycles. The number of carbonyl (C=O) groups excluding carboxylic acids is 2. The van der Waals surface area contributed by atoms with Crippen molar-refractivity contribution in [2.75, 3.05) is 25.1 Å². The highest BCUT2D eigenvalue weighted by molar-refractivity contribution is 7.54. The molecule has 1 saturated carbocycles. The van der Waals surface area contributed by atoms with E-state index in [0.717, 1.165) is 12.8 Å². The third-order valence-electron chi connectivity index (χ3n) is 8.09. The van der Waals surface area contributed by atoms with Gasteiger partial charge < -0.3 is 34.3 Å². The smallest absolute Gasteiger partial charge is 0.342 e. The van der Waals surface area contributed by atoms with Crippen molar-refractivity contribution in [3.05, 3.63) is 12.2 Å². The van der Waals surface area contributed by atoms with E-state index < -0.39 is 62.3 Å². The lowest BCUT2D eigenvalue weighted by Gasteiger charge is -2.30. The molecule has 1 saturated heterocycles. The Morgan fingerprint density at radius 1 is 1.06 bits per heavy atom. The number of aliphatic hydroxyl groups excluding tert-OH is 1. The Hall–Kier alpha value is -2.72. The van der Waals surface area contributed by atoms with Crippen LogP contribution in [-0.4, -0.2) is 97.4 Å². The molecule has 17 heteroatoms. The Labute approximate surface area is 281 Å². The summed E-state index contributed by atoms with van der Waals surface area (Å²) in [6.45, 7) is 13.8. The molecule has 6 atom stereocenters. The fourth-order valence-electron chi connectivity index (χ4n) is 5.63. The van der Waals surface area contributed by atoms with E-state index >= 15 is 0 Å². The summed E-state index contributed by atoms with van der Waals surface area (Å²) in [6.07, 6.45) is 0.188. The number of rotatable bonds is 18. The van der Waals surface area contributed by atoms with Crippen LogP contribution in [0.4, 0.5) is 5.82 Å². The first kappa shape index (κ1) is 38.1. The van der Waals surface area contributed by atoms with Crippen LogP contribution in [0.25, 0.3) is 11.2 Å². The zero-order valence-electron chi connectivity index (χ0n) is 29.1. The van der Waals surface area contributed by atoms with Crippen LogP contribution in [-0.2, 0) is 32.9 Å². The molecule has 5 N–H and O–H groups in total. The van der Waals surface area contributed by atoms with E-state index in [-0.39, 0.29) is 37.9 Å². The van der Waals surface area contributed by atoms with Crippen LogP contribution in [0, 0.1) is 18.8 Å². The predicted octanol–water partition coefficient (Wildman–Crippen LogP) is 2.98. The number of aromatic nitrogens is 4. The van der Waals surface area contributed by atoms with Gasteiger partial charge in [0.25, 0.3) is 0 Å². The average Bonchev–Trinajstić information content (AvgIpc) is 3.66. The average molecular weight is 698 g/mol. The Balaban J connectivity index is 1.61. The highest BCUT2D eigenvalue weighted by atomic mass is 31.2. The Kier molecular flexibility index (Phi) is 12.6. The maximum atomic E-state index is 14.6. The minimum Gasteiger partial charge on any atom is -0.465 e. The Morgan fingerprint density at radius 3 is 2.12 bits per heavy atom. The van der Waals surface area contributed by atoms with E-state index in [9.17, 15) is 24.4 Å². The number of ether oxygens (including phenoxy) is 3. The molecule has 4 rings (SSSR count). The molecule has 48 heavy (non-hydrogen) atoms. The molecule has 0 radical (unpaired) electrons. The number of nitrogens with zero attached hydrogens (tertiary/aromatic N) is 4. The molecule has 0 aromatic carbocycles. The van der Waals surface area contributed by atoms with Crippen molar-refractivity contribution < 1.29 is 43.1 Å². The van der Waals surface area contributed by atoms with Gasteiger partial charge in [0.05, 0.1) is 26.1 Å². The molecule has 2 aromatic heterocycles. The Morgan fingerprint density at radius 2 is 1.62 bits per heavy atom. The Bertz CT molecular complexity index is 1430. The first-order valence-electron chi connectivity index (χ1n) is 16.7. The minimum absolute atomic E-state index is 0.00477. The number of fused-ring (bicyclic) bond motifs is 1. The van der Waals surface area contributed by atoms with Gasteiger partial charge in [-0.05, 0) is 65.2 Å². The van der Waals surface area contributed by atoms with E-state index in [4.69, 9.17) is 18.7 Å². The van der Waals surface area contributed by atoms with Crippen molar-refractivity contribution in [3.63, 3.8) is 0 Å². The summed E-state index contributed by atoms with van der Waals surface area (Å²) < 4.78 is 38.7. The van der Waals surface area contributed by atoms with Gasteiger partial charge in [0.1, 0.15) is 35.7 Å². The van der Waals surface area contributed by atoms with Gasteiger partial charge >= 0.3 is 19.6 Å². The molecule has 270 valence electrons. The fourth-order valence-corrected chi connectivity index (χ4v) is 7.45. The van der Waals surface area contributed by atoms with Gasteiger partial charge in [-0.1, -0.05) is 27.7 Å². The second-order valence-corrected chi connectivity index (χ2v) is 15.4. The number of esters is 2. The van der Waals surface area contributed by atoms with Crippen LogP contribution >= 0.6 is 7.67 Å². The molecular formula is C31H52N7O9P. The molecule has 0 spiro atoms. The minimum atomic E-state index is -4.28. The molecule has 2 aromatic rings. The maximum absolute atomic E-state index is 14.6. The number of imidazole rings is 1. The summed E-state index contributed by atoms with van der Waals surface area (Å²) >= 11 is 0. The van der Waals surface area contributed by atoms with E-state index in [2.05, 4.69) is 30.4 Å². The van der Waals surface area contributed by atoms with Crippen LogP contribution in [0.2, 0.25) is 0 Å². The maximum Gasteiger partial charge on any atom is 0.342 e. The number of hydrogen-bond donors (Lipinski definition) is 5. The normalized spacial score (nSPS) is 25.3. The van der Waals surface area contributed by atoms with Gasteiger partial charge in [-0.3, -0.25) is 18.7 Å². The van der Waals surface area contributed by atoms with Crippen LogP contribution in [0.5, 0.6) is 0 Å². The van der Waals surface area contributed by atoms with Crippen molar-refractivity contribution >= 4 is 36.6 Å². The molecule has 1 aliphatic heterocycles. The van der Waals surface area contributed by atoms with E-state index in [0.29, 0.717) is 28.8 Å². The van der Waals surface area contributed by atoms with Crippen molar-refractivity contribution in [3.8, 4) is 0 Å². The van der Waals surface area contributed by atoms with Gasteiger partial charge in [-0.25, -0.2) is 25.1 Å². The van der Waals surface area contributed by atoms with Gasteiger partial charge in [0, 0.05) is 6.04 Å². The zero-order chi connectivity index (χ0) is 35.4. The first-order chi connectivity index (χ1) is 22.6. The summed E-state index contributed by atoms with van der Waals surface area (Å²) in [7, 11) is -4.28. The molecule has 0 amide bonds. The topological polar surface area (TPSA) is 208 Å². The lowest BCUT2D eigenvalue weighted by molar-refractivity contribution is -0.146. The standard InChI is InChI=1S/C31H52N7O9P/c1-9-44-28(40)21(13-17(3)4)36-48(43,37-22(14-18(5)6)29(41)45-10-2)46-15-23-25(39)31(8,42)30(47-23)38-16-32-24-26(35-20-11-12-20)33-19(7)34-27(24)38/h16-18,20-23,25,30,39,42H,9-15H2,1-8H3,(H,33,34,35)(H2,36,37,43)/t21?,22?,23-,25+,30-,31?,48?/m1/s1. The van der Waals surface area contributed by atoms with Crippen molar-refractivity contribution in [1.82, 2.24) is 29.7 Å². The number of carbonyl (C=O) groups is 2. The molecule has 0 bridgehead atoms. The largest absolute Gasteiger partial charge is 0.465 e. The lowest BCUT2D eigenvalue weighted by atomic mass is 9.96. The molecular weight excluding hydrogens is 645 g/mol. The third kappa shape index (κ3) is 9.29.